The first kappa shape index (κ1) is 13.7. The smallest absolute Gasteiger partial charge is 0.293 e. The molecule has 1 aromatic rings. The lowest BCUT2D eigenvalue weighted by atomic mass is 10.2. The van der Waals surface area contributed by atoms with Gasteiger partial charge in [0.15, 0.2) is 5.82 Å². The van der Waals surface area contributed by atoms with E-state index < -0.39 is 0 Å². The maximum Gasteiger partial charge on any atom is 0.293 e. The van der Waals surface area contributed by atoms with Crippen LogP contribution in [0, 0.1) is 0 Å². The van der Waals surface area contributed by atoms with Gasteiger partial charge in [0.05, 0.1) is 0 Å². The predicted octanol–water partition coefficient (Wildman–Crippen LogP) is 0.827. The fourth-order valence-electron chi connectivity index (χ4n) is 1.74. The monoisotopic (exact) mass is 238 g/mol. The van der Waals surface area contributed by atoms with Gasteiger partial charge in [-0.2, -0.15) is 0 Å². The van der Waals surface area contributed by atoms with Crippen LogP contribution in [0.3, 0.4) is 0 Å². The third-order valence-electron chi connectivity index (χ3n) is 2.94. The maximum atomic E-state index is 12.1. The van der Waals surface area contributed by atoms with Gasteiger partial charge in [-0.15, -0.1) is 0 Å². The summed E-state index contributed by atoms with van der Waals surface area (Å²) in [6, 6.07) is 0.220. The van der Waals surface area contributed by atoms with Crippen molar-refractivity contribution in [3.63, 3.8) is 0 Å². The molecule has 0 saturated heterocycles. The molecule has 0 saturated carbocycles. The lowest BCUT2D eigenvalue weighted by Gasteiger charge is -2.25. The van der Waals surface area contributed by atoms with E-state index in [-0.39, 0.29) is 11.6 Å². The third kappa shape index (κ3) is 3.30. The summed E-state index contributed by atoms with van der Waals surface area (Å²) in [6.45, 7) is 5.44. The van der Waals surface area contributed by atoms with E-state index in [1.165, 1.54) is 0 Å². The van der Waals surface area contributed by atoms with Crippen LogP contribution in [0.15, 0.2) is 17.2 Å². The summed E-state index contributed by atoms with van der Waals surface area (Å²) in [5.41, 5.74) is 5.50. The summed E-state index contributed by atoms with van der Waals surface area (Å²) < 4.78 is 1.70. The van der Waals surface area contributed by atoms with Crippen molar-refractivity contribution in [1.29, 1.82) is 0 Å². The predicted molar refractivity (Wildman–Crippen MR) is 70.3 cm³/mol. The van der Waals surface area contributed by atoms with E-state index in [2.05, 4.69) is 4.98 Å². The molecule has 1 rings (SSSR count). The zero-order chi connectivity index (χ0) is 12.8. The number of nitrogens with zero attached hydrogens (tertiary/aromatic N) is 3. The molecule has 0 aromatic carbocycles. The van der Waals surface area contributed by atoms with Crippen molar-refractivity contribution in [3.05, 3.63) is 22.7 Å². The van der Waals surface area contributed by atoms with Crippen LogP contribution in [0.1, 0.15) is 26.7 Å². The van der Waals surface area contributed by atoms with Gasteiger partial charge in [0.1, 0.15) is 0 Å². The van der Waals surface area contributed by atoms with E-state index in [4.69, 9.17) is 5.73 Å². The van der Waals surface area contributed by atoms with Gasteiger partial charge < -0.3 is 15.2 Å². The quantitative estimate of drug-likeness (QED) is 0.797. The molecule has 5 nitrogen and oxygen atoms in total. The molecular formula is C12H22N4O. The molecule has 2 N–H and O–H groups in total. The van der Waals surface area contributed by atoms with E-state index in [9.17, 15) is 4.79 Å². The molecule has 0 amide bonds. The molecule has 1 heterocycles. The second-order valence-corrected chi connectivity index (χ2v) is 4.29. The molecule has 96 valence electrons. The van der Waals surface area contributed by atoms with Crippen molar-refractivity contribution < 1.29 is 0 Å². The second-order valence-electron chi connectivity index (χ2n) is 4.29. The maximum absolute atomic E-state index is 12.1. The molecule has 1 unspecified atom stereocenters. The van der Waals surface area contributed by atoms with Gasteiger partial charge >= 0.3 is 0 Å². The number of hydrogen-bond acceptors (Lipinski definition) is 4. The first-order valence-corrected chi connectivity index (χ1v) is 6.10. The minimum absolute atomic E-state index is 0.0271. The van der Waals surface area contributed by atoms with E-state index in [1.807, 2.05) is 25.8 Å². The molecule has 0 aliphatic rings. The fraction of sp³-hybridized carbons (Fsp3) is 0.667. The standard InChI is InChI=1S/C12H22N4O/c1-4-8-16-9-7-14-11(12(16)17)15(3)10(2)5-6-13/h7,9-10H,4-6,8,13H2,1-3H3. The Morgan fingerprint density at radius 3 is 2.88 bits per heavy atom. The molecular weight excluding hydrogens is 216 g/mol. The molecule has 1 atom stereocenters. The van der Waals surface area contributed by atoms with Crippen LogP contribution in [0.2, 0.25) is 0 Å². The van der Waals surface area contributed by atoms with Crippen molar-refractivity contribution in [1.82, 2.24) is 9.55 Å². The van der Waals surface area contributed by atoms with Crippen LogP contribution in [0.25, 0.3) is 0 Å². The number of aryl methyl sites for hydroxylation is 1. The van der Waals surface area contributed by atoms with E-state index in [1.54, 1.807) is 17.0 Å². The molecule has 17 heavy (non-hydrogen) atoms. The Bertz CT molecular complexity index is 402. The topological polar surface area (TPSA) is 64.2 Å². The molecule has 5 heteroatoms. The Morgan fingerprint density at radius 1 is 1.59 bits per heavy atom. The summed E-state index contributed by atoms with van der Waals surface area (Å²) in [5, 5.41) is 0. The van der Waals surface area contributed by atoms with Crippen molar-refractivity contribution in [2.75, 3.05) is 18.5 Å². The highest BCUT2D eigenvalue weighted by atomic mass is 16.1. The van der Waals surface area contributed by atoms with Gasteiger partial charge in [-0.1, -0.05) is 6.92 Å². The number of anilines is 1. The fourth-order valence-corrected chi connectivity index (χ4v) is 1.74. The van der Waals surface area contributed by atoms with Crippen LogP contribution in [0.4, 0.5) is 5.82 Å². The lowest BCUT2D eigenvalue weighted by Crippen LogP contribution is -2.37. The lowest BCUT2D eigenvalue weighted by molar-refractivity contribution is 0.607. The molecule has 0 aliphatic heterocycles. The van der Waals surface area contributed by atoms with Crippen LogP contribution in [0.5, 0.6) is 0 Å². The van der Waals surface area contributed by atoms with Crippen LogP contribution < -0.4 is 16.2 Å². The van der Waals surface area contributed by atoms with E-state index in [0.717, 1.165) is 19.4 Å². The second kappa shape index (κ2) is 6.39. The molecule has 0 spiro atoms. The first-order chi connectivity index (χ1) is 8.11. The highest BCUT2D eigenvalue weighted by Gasteiger charge is 2.14. The highest BCUT2D eigenvalue weighted by molar-refractivity contribution is 5.35. The average Bonchev–Trinajstić information content (AvgIpc) is 2.31. The Labute approximate surface area is 102 Å². The SMILES string of the molecule is CCCn1ccnc(N(C)C(C)CCN)c1=O. The van der Waals surface area contributed by atoms with Gasteiger partial charge in [0.25, 0.3) is 5.56 Å². The average molecular weight is 238 g/mol. The molecule has 0 aliphatic carbocycles. The van der Waals surface area contributed by atoms with Crippen molar-refractivity contribution in [2.24, 2.45) is 5.73 Å². The third-order valence-corrected chi connectivity index (χ3v) is 2.94. The van der Waals surface area contributed by atoms with Gasteiger partial charge in [-0.25, -0.2) is 4.98 Å². The Balaban J connectivity index is 2.97. The van der Waals surface area contributed by atoms with Crippen LogP contribution in [-0.4, -0.2) is 29.2 Å². The number of hydrogen-bond donors (Lipinski definition) is 1. The van der Waals surface area contributed by atoms with Gasteiger partial charge in [-0.3, -0.25) is 4.79 Å². The number of rotatable bonds is 6. The summed E-state index contributed by atoms with van der Waals surface area (Å²) in [6.07, 6.45) is 5.19. The Hall–Kier alpha value is -1.36. The summed E-state index contributed by atoms with van der Waals surface area (Å²) in [5.74, 6) is 0.502. The Morgan fingerprint density at radius 2 is 2.29 bits per heavy atom. The molecule has 0 bridgehead atoms. The van der Waals surface area contributed by atoms with Crippen molar-refractivity contribution >= 4 is 5.82 Å². The number of nitrogens with two attached hydrogens (primary N) is 1. The first-order valence-electron chi connectivity index (χ1n) is 6.10. The molecule has 0 radical (unpaired) electrons. The van der Waals surface area contributed by atoms with E-state index in [0.29, 0.717) is 12.4 Å². The molecule has 1 aromatic heterocycles. The largest absolute Gasteiger partial charge is 0.352 e. The van der Waals surface area contributed by atoms with Gasteiger partial charge in [0, 0.05) is 32.0 Å². The van der Waals surface area contributed by atoms with Crippen molar-refractivity contribution in [3.8, 4) is 0 Å². The summed E-state index contributed by atoms with van der Waals surface area (Å²) >= 11 is 0. The Kier molecular flexibility index (Phi) is 5.15. The normalized spacial score (nSPS) is 12.5. The van der Waals surface area contributed by atoms with Crippen molar-refractivity contribution in [2.45, 2.75) is 39.3 Å². The van der Waals surface area contributed by atoms with Crippen LogP contribution >= 0.6 is 0 Å². The minimum atomic E-state index is -0.0271. The van der Waals surface area contributed by atoms with Gasteiger partial charge in [0.2, 0.25) is 0 Å². The van der Waals surface area contributed by atoms with Crippen LogP contribution in [-0.2, 0) is 6.54 Å². The zero-order valence-electron chi connectivity index (χ0n) is 10.9. The zero-order valence-corrected chi connectivity index (χ0v) is 10.9. The summed E-state index contributed by atoms with van der Waals surface area (Å²) in [7, 11) is 1.89. The highest BCUT2D eigenvalue weighted by Crippen LogP contribution is 2.08. The number of aromatic nitrogens is 2. The van der Waals surface area contributed by atoms with E-state index >= 15 is 0 Å². The molecule has 0 fully saturated rings. The van der Waals surface area contributed by atoms with Gasteiger partial charge in [-0.05, 0) is 26.3 Å². The minimum Gasteiger partial charge on any atom is -0.352 e. The summed E-state index contributed by atoms with van der Waals surface area (Å²) in [4.78, 5) is 18.2.